The molecule has 4 saturated carbocycles. The highest BCUT2D eigenvalue weighted by Crippen LogP contribution is 2.72. The molecule has 2 bridgehead atoms. The summed E-state index contributed by atoms with van der Waals surface area (Å²) in [5, 5.41) is 11.9. The molecule has 0 aromatic heterocycles. The standard InChI is InChI=1S/C20H30O3/c1-17-9-5-14-18(2)7-4-8-19(3,16(22)23)13(18)6-10-20(14,12-17)11-15(17)21/h13-14H,4-12H2,1-3H3,(H,22,23)/p-1/t13-,14-,17-,18+,19+,20-/m0/s1. The van der Waals surface area contributed by atoms with Crippen molar-refractivity contribution < 1.29 is 14.7 Å². The molecule has 128 valence electrons. The number of carboxylic acids is 1. The third-order valence-electron chi connectivity index (χ3n) is 8.82. The van der Waals surface area contributed by atoms with Crippen LogP contribution < -0.4 is 5.11 Å². The fourth-order valence-electron chi connectivity index (χ4n) is 7.75. The van der Waals surface area contributed by atoms with Crippen molar-refractivity contribution >= 4 is 11.8 Å². The first-order valence-electron chi connectivity index (χ1n) is 9.41. The average molecular weight is 317 g/mol. The van der Waals surface area contributed by atoms with Gasteiger partial charge in [0.25, 0.3) is 0 Å². The topological polar surface area (TPSA) is 57.2 Å². The molecule has 4 fully saturated rings. The van der Waals surface area contributed by atoms with E-state index in [0.29, 0.717) is 11.7 Å². The lowest BCUT2D eigenvalue weighted by Gasteiger charge is -2.64. The van der Waals surface area contributed by atoms with Gasteiger partial charge in [0.1, 0.15) is 5.78 Å². The van der Waals surface area contributed by atoms with Crippen LogP contribution in [0.5, 0.6) is 0 Å². The van der Waals surface area contributed by atoms with E-state index in [1.807, 2.05) is 6.92 Å². The van der Waals surface area contributed by atoms with Gasteiger partial charge < -0.3 is 9.90 Å². The van der Waals surface area contributed by atoms with Gasteiger partial charge in [-0.3, -0.25) is 4.79 Å². The summed E-state index contributed by atoms with van der Waals surface area (Å²) in [4.78, 5) is 24.6. The minimum Gasteiger partial charge on any atom is -0.550 e. The van der Waals surface area contributed by atoms with Gasteiger partial charge in [-0.2, -0.15) is 0 Å². The highest BCUT2D eigenvalue weighted by molar-refractivity contribution is 5.88. The van der Waals surface area contributed by atoms with Crippen LogP contribution in [0.3, 0.4) is 0 Å². The molecule has 0 aromatic rings. The Morgan fingerprint density at radius 2 is 1.74 bits per heavy atom. The summed E-state index contributed by atoms with van der Waals surface area (Å²) in [5.41, 5.74) is -0.541. The smallest absolute Gasteiger partial charge is 0.139 e. The first kappa shape index (κ1) is 15.7. The predicted molar refractivity (Wildman–Crippen MR) is 85.3 cm³/mol. The largest absolute Gasteiger partial charge is 0.550 e. The van der Waals surface area contributed by atoms with E-state index in [1.54, 1.807) is 0 Å². The number of fused-ring (bicyclic) bond motifs is 3. The maximum Gasteiger partial charge on any atom is 0.139 e. The highest BCUT2D eigenvalue weighted by Gasteiger charge is 2.67. The number of Topliss-reactive ketones (excluding diaryl/α,β-unsaturated/α-hetero) is 1. The van der Waals surface area contributed by atoms with Crippen LogP contribution in [-0.4, -0.2) is 11.8 Å². The van der Waals surface area contributed by atoms with Crippen molar-refractivity contribution in [1.29, 1.82) is 0 Å². The van der Waals surface area contributed by atoms with Crippen molar-refractivity contribution in [3.63, 3.8) is 0 Å². The molecular formula is C20H29O3-. The van der Waals surface area contributed by atoms with E-state index >= 15 is 0 Å². The summed E-state index contributed by atoms with van der Waals surface area (Å²) in [5.74, 6) is 0.352. The zero-order chi connectivity index (χ0) is 16.7. The number of ketones is 1. The minimum absolute atomic E-state index is 0.0667. The molecule has 1 spiro atoms. The Kier molecular flexibility index (Phi) is 3.00. The average Bonchev–Trinajstić information content (AvgIpc) is 2.63. The number of rotatable bonds is 1. The van der Waals surface area contributed by atoms with Gasteiger partial charge in [-0.15, -0.1) is 0 Å². The van der Waals surface area contributed by atoms with Crippen LogP contribution in [0.15, 0.2) is 0 Å². The quantitative estimate of drug-likeness (QED) is 0.746. The van der Waals surface area contributed by atoms with Gasteiger partial charge in [0.15, 0.2) is 0 Å². The molecule has 4 aliphatic rings. The molecule has 0 unspecified atom stereocenters. The Morgan fingerprint density at radius 3 is 2.43 bits per heavy atom. The van der Waals surface area contributed by atoms with Crippen LogP contribution in [-0.2, 0) is 9.59 Å². The molecule has 6 atom stereocenters. The van der Waals surface area contributed by atoms with Crippen molar-refractivity contribution in [3.8, 4) is 0 Å². The zero-order valence-electron chi connectivity index (χ0n) is 14.7. The van der Waals surface area contributed by atoms with Gasteiger partial charge >= 0.3 is 0 Å². The monoisotopic (exact) mass is 317 g/mol. The number of carbonyl (C=O) groups excluding carboxylic acids is 2. The second-order valence-corrected chi connectivity index (χ2v) is 9.95. The first-order chi connectivity index (χ1) is 10.7. The number of hydrogen-bond acceptors (Lipinski definition) is 3. The molecule has 4 aliphatic carbocycles. The van der Waals surface area contributed by atoms with Crippen LogP contribution in [0.4, 0.5) is 0 Å². The highest BCUT2D eigenvalue weighted by atomic mass is 16.4. The summed E-state index contributed by atoms with van der Waals surface area (Å²) in [7, 11) is 0. The van der Waals surface area contributed by atoms with Gasteiger partial charge in [-0.25, -0.2) is 0 Å². The van der Waals surface area contributed by atoms with E-state index in [2.05, 4.69) is 13.8 Å². The summed E-state index contributed by atoms with van der Waals surface area (Å²) in [6.45, 7) is 6.44. The normalized spacial score (nSPS) is 55.2. The van der Waals surface area contributed by atoms with Crippen LogP contribution in [0.1, 0.15) is 78.6 Å². The van der Waals surface area contributed by atoms with E-state index in [-0.39, 0.29) is 22.2 Å². The van der Waals surface area contributed by atoms with Crippen molar-refractivity contribution in [2.45, 2.75) is 78.6 Å². The van der Waals surface area contributed by atoms with Crippen LogP contribution in [0.25, 0.3) is 0 Å². The van der Waals surface area contributed by atoms with E-state index in [4.69, 9.17) is 0 Å². The molecule has 0 saturated heterocycles. The molecule has 3 heteroatoms. The Bertz CT molecular complexity index is 583. The second-order valence-electron chi connectivity index (χ2n) is 9.95. The third kappa shape index (κ3) is 1.77. The fraction of sp³-hybridized carbons (Fsp3) is 0.900. The zero-order valence-corrected chi connectivity index (χ0v) is 14.7. The Labute approximate surface area is 139 Å². The van der Waals surface area contributed by atoms with Crippen molar-refractivity contribution in [3.05, 3.63) is 0 Å². The van der Waals surface area contributed by atoms with Crippen molar-refractivity contribution in [1.82, 2.24) is 0 Å². The molecule has 4 rings (SSSR count). The molecule has 0 aliphatic heterocycles. The molecule has 0 N–H and O–H groups in total. The van der Waals surface area contributed by atoms with Crippen molar-refractivity contribution in [2.24, 2.45) is 33.5 Å². The van der Waals surface area contributed by atoms with Gasteiger partial charge in [0.05, 0.1) is 0 Å². The summed E-state index contributed by atoms with van der Waals surface area (Å²) < 4.78 is 0. The maximum absolute atomic E-state index is 12.6. The second kappa shape index (κ2) is 4.40. The van der Waals surface area contributed by atoms with E-state index < -0.39 is 11.4 Å². The van der Waals surface area contributed by atoms with E-state index in [9.17, 15) is 14.7 Å². The van der Waals surface area contributed by atoms with Gasteiger partial charge in [-0.05, 0) is 67.6 Å². The first-order valence-corrected chi connectivity index (χ1v) is 9.41. The minimum atomic E-state index is -0.854. The molecule has 3 nitrogen and oxygen atoms in total. The Balaban J connectivity index is 1.76. The number of aliphatic carboxylic acids is 1. The Morgan fingerprint density at radius 1 is 1.04 bits per heavy atom. The third-order valence-corrected chi connectivity index (χ3v) is 8.82. The van der Waals surface area contributed by atoms with E-state index in [1.165, 1.54) is 0 Å². The molecule has 0 heterocycles. The van der Waals surface area contributed by atoms with Gasteiger partial charge in [0.2, 0.25) is 0 Å². The van der Waals surface area contributed by atoms with Gasteiger partial charge in [0, 0.05) is 23.2 Å². The van der Waals surface area contributed by atoms with Gasteiger partial charge in [-0.1, -0.05) is 27.2 Å². The molecule has 0 aromatic carbocycles. The SMILES string of the molecule is C[C@@]12CC[C@@H]3[C@@](CC[C@H]4[C@@]3(C)CCC[C@@]4(C)C(=O)[O-])(CC1=O)C2. The van der Waals surface area contributed by atoms with Crippen LogP contribution in [0.2, 0.25) is 0 Å². The van der Waals surface area contributed by atoms with Crippen LogP contribution >= 0.6 is 0 Å². The fourth-order valence-corrected chi connectivity index (χ4v) is 7.75. The lowest BCUT2D eigenvalue weighted by Crippen LogP contribution is -2.60. The van der Waals surface area contributed by atoms with Crippen LogP contribution in [0, 0.1) is 33.5 Å². The number of hydrogen-bond donors (Lipinski definition) is 0. The summed E-state index contributed by atoms with van der Waals surface area (Å²) >= 11 is 0. The molecule has 0 amide bonds. The van der Waals surface area contributed by atoms with Crippen molar-refractivity contribution in [2.75, 3.05) is 0 Å². The molecule has 0 radical (unpaired) electrons. The summed E-state index contributed by atoms with van der Waals surface area (Å²) in [6.07, 6.45) is 8.77. The van der Waals surface area contributed by atoms with E-state index in [0.717, 1.165) is 57.8 Å². The summed E-state index contributed by atoms with van der Waals surface area (Å²) in [6, 6.07) is 0. The lowest BCUT2D eigenvalue weighted by atomic mass is 9.40. The molecule has 23 heavy (non-hydrogen) atoms. The number of carbonyl (C=O) groups is 2. The molecular weight excluding hydrogens is 288 g/mol. The Hall–Kier alpha value is -0.860. The lowest BCUT2D eigenvalue weighted by molar-refractivity contribution is -0.328. The number of carboxylic acid groups (broad SMARTS) is 1. The maximum atomic E-state index is 12.6. The predicted octanol–water partition coefficient (Wildman–Crippen LogP) is 3.11.